The molecule has 9 heteroatoms. The van der Waals surface area contributed by atoms with Gasteiger partial charge in [-0.2, -0.15) is 23.6 Å². The fourth-order valence-corrected chi connectivity index (χ4v) is 2.50. The van der Waals surface area contributed by atoms with E-state index in [1.807, 2.05) is 6.92 Å². The molecule has 0 atom stereocenters. The van der Waals surface area contributed by atoms with E-state index in [2.05, 4.69) is 11.1 Å². The number of aryl methyl sites for hydroxylation is 1. The SMILES string of the molecule is C/C(=C(/C#N)c1cc(Cl)ccc1C)c1ccc(N(O)NCC(F)(F)F)cn1. The maximum atomic E-state index is 12.2. The molecule has 27 heavy (non-hydrogen) atoms. The molecule has 2 N–H and O–H groups in total. The number of hydrazine groups is 1. The van der Waals surface area contributed by atoms with Gasteiger partial charge in [-0.3, -0.25) is 10.2 Å². The van der Waals surface area contributed by atoms with Crippen LogP contribution in [0.4, 0.5) is 18.9 Å². The normalized spacial score (nSPS) is 12.4. The Morgan fingerprint density at radius 1 is 1.33 bits per heavy atom. The highest BCUT2D eigenvalue weighted by molar-refractivity contribution is 6.30. The van der Waals surface area contributed by atoms with E-state index in [1.165, 1.54) is 18.3 Å². The second kappa shape index (κ2) is 8.39. The van der Waals surface area contributed by atoms with E-state index in [0.717, 1.165) is 5.56 Å². The molecule has 0 aliphatic heterocycles. The lowest BCUT2D eigenvalue weighted by Gasteiger charge is -2.19. The molecule has 1 aromatic carbocycles. The minimum Gasteiger partial charge on any atom is -0.273 e. The van der Waals surface area contributed by atoms with E-state index in [4.69, 9.17) is 11.6 Å². The largest absolute Gasteiger partial charge is 0.402 e. The third-order valence-electron chi connectivity index (χ3n) is 3.76. The van der Waals surface area contributed by atoms with Crippen molar-refractivity contribution in [2.75, 3.05) is 11.7 Å². The minimum atomic E-state index is -4.47. The summed E-state index contributed by atoms with van der Waals surface area (Å²) in [4.78, 5) is 4.13. The topological polar surface area (TPSA) is 72.2 Å². The van der Waals surface area contributed by atoms with Gasteiger partial charge in [-0.1, -0.05) is 17.7 Å². The van der Waals surface area contributed by atoms with E-state index in [-0.39, 0.29) is 10.9 Å². The lowest BCUT2D eigenvalue weighted by atomic mass is 9.96. The molecule has 1 aromatic heterocycles. The average Bonchev–Trinajstić information content (AvgIpc) is 2.62. The number of allylic oxidation sites excluding steroid dienone is 2. The number of nitriles is 1. The lowest BCUT2D eigenvalue weighted by molar-refractivity contribution is -0.128. The van der Waals surface area contributed by atoms with Crippen LogP contribution in [0, 0.1) is 18.3 Å². The highest BCUT2D eigenvalue weighted by Crippen LogP contribution is 2.29. The summed E-state index contributed by atoms with van der Waals surface area (Å²) in [5.41, 5.74) is 4.76. The molecule has 142 valence electrons. The molecule has 0 saturated carbocycles. The van der Waals surface area contributed by atoms with Crippen molar-refractivity contribution in [1.82, 2.24) is 10.4 Å². The maximum Gasteiger partial charge on any atom is 0.402 e. The van der Waals surface area contributed by atoms with E-state index in [9.17, 15) is 23.6 Å². The Kier molecular flexibility index (Phi) is 6.44. The van der Waals surface area contributed by atoms with E-state index < -0.39 is 12.7 Å². The zero-order valence-electron chi connectivity index (χ0n) is 14.5. The van der Waals surface area contributed by atoms with Crippen LogP contribution in [0.1, 0.15) is 23.7 Å². The van der Waals surface area contributed by atoms with Gasteiger partial charge in [0.05, 0.1) is 17.5 Å². The molecule has 2 rings (SSSR count). The molecule has 2 aromatic rings. The standard InChI is InChI=1S/C18H16ClF3N4O/c1-11-3-4-13(19)7-15(11)16(8-23)12(2)17-6-5-14(9-24-17)26(27)25-10-18(20,21)22/h3-7,9,25,27H,10H2,1-2H3/b16-12+. The molecule has 0 unspecified atom stereocenters. The maximum absolute atomic E-state index is 12.2. The number of aromatic nitrogens is 1. The second-order valence-corrected chi connectivity index (χ2v) is 6.17. The van der Waals surface area contributed by atoms with Gasteiger partial charge in [0.15, 0.2) is 0 Å². The van der Waals surface area contributed by atoms with Gasteiger partial charge in [0.1, 0.15) is 18.3 Å². The van der Waals surface area contributed by atoms with Gasteiger partial charge in [0.25, 0.3) is 0 Å². The number of alkyl halides is 3. The van der Waals surface area contributed by atoms with Crippen LogP contribution in [-0.4, -0.2) is 22.9 Å². The number of halogens is 4. The van der Waals surface area contributed by atoms with Gasteiger partial charge in [-0.05, 0) is 54.8 Å². The second-order valence-electron chi connectivity index (χ2n) is 5.73. The number of rotatable bonds is 5. The van der Waals surface area contributed by atoms with Crippen molar-refractivity contribution in [1.29, 1.82) is 5.26 Å². The van der Waals surface area contributed by atoms with Gasteiger partial charge in [-0.25, -0.2) is 5.43 Å². The fourth-order valence-electron chi connectivity index (χ4n) is 2.33. The molecule has 0 saturated heterocycles. The van der Waals surface area contributed by atoms with Crippen molar-refractivity contribution in [3.8, 4) is 6.07 Å². The van der Waals surface area contributed by atoms with Gasteiger partial charge < -0.3 is 0 Å². The summed E-state index contributed by atoms with van der Waals surface area (Å²) in [6.45, 7) is 2.17. The molecule has 1 heterocycles. The first kappa shape index (κ1) is 20.7. The van der Waals surface area contributed by atoms with E-state index in [0.29, 0.717) is 27.4 Å². The number of benzene rings is 1. The molecule has 0 fully saturated rings. The Bertz CT molecular complexity index is 889. The Morgan fingerprint density at radius 3 is 2.59 bits per heavy atom. The van der Waals surface area contributed by atoms with Gasteiger partial charge in [0, 0.05) is 5.02 Å². The lowest BCUT2D eigenvalue weighted by Crippen LogP contribution is -2.41. The summed E-state index contributed by atoms with van der Waals surface area (Å²) in [5, 5.41) is 19.9. The predicted molar refractivity (Wildman–Crippen MR) is 96.9 cm³/mol. The van der Waals surface area contributed by atoms with Crippen LogP contribution < -0.4 is 10.6 Å². The monoisotopic (exact) mass is 396 g/mol. The quantitative estimate of drug-likeness (QED) is 0.563. The molecule has 0 amide bonds. The van der Waals surface area contributed by atoms with Crippen molar-refractivity contribution in [2.24, 2.45) is 0 Å². The van der Waals surface area contributed by atoms with Crippen molar-refractivity contribution in [2.45, 2.75) is 20.0 Å². The third-order valence-corrected chi connectivity index (χ3v) is 4.00. The van der Waals surface area contributed by atoms with Crippen molar-refractivity contribution < 1.29 is 18.4 Å². The smallest absolute Gasteiger partial charge is 0.273 e. The highest BCUT2D eigenvalue weighted by Gasteiger charge is 2.27. The Morgan fingerprint density at radius 2 is 2.04 bits per heavy atom. The first-order valence-electron chi connectivity index (χ1n) is 7.75. The van der Waals surface area contributed by atoms with Crippen molar-refractivity contribution in [3.63, 3.8) is 0 Å². The minimum absolute atomic E-state index is 0.0215. The highest BCUT2D eigenvalue weighted by atomic mass is 35.5. The summed E-state index contributed by atoms with van der Waals surface area (Å²) in [6, 6.07) is 10.2. The van der Waals surface area contributed by atoms with E-state index >= 15 is 0 Å². The summed E-state index contributed by atoms with van der Waals surface area (Å²) in [6.07, 6.45) is -3.27. The Hall–Kier alpha value is -2.60. The molecular weight excluding hydrogens is 381 g/mol. The molecule has 0 spiro atoms. The number of hydrogen-bond donors (Lipinski definition) is 2. The Labute approximate surface area is 159 Å². The molecule has 5 nitrogen and oxygen atoms in total. The van der Waals surface area contributed by atoms with Crippen LogP contribution >= 0.6 is 11.6 Å². The van der Waals surface area contributed by atoms with Crippen LogP contribution in [0.25, 0.3) is 11.1 Å². The van der Waals surface area contributed by atoms with Gasteiger partial charge in [0.2, 0.25) is 0 Å². The first-order valence-corrected chi connectivity index (χ1v) is 8.13. The summed E-state index contributed by atoms with van der Waals surface area (Å²) >= 11 is 6.02. The zero-order chi connectivity index (χ0) is 20.2. The summed E-state index contributed by atoms with van der Waals surface area (Å²) in [5.74, 6) is 0. The molecule has 0 aliphatic rings. The first-order chi connectivity index (χ1) is 12.6. The van der Waals surface area contributed by atoms with Crippen LogP contribution in [0.15, 0.2) is 36.5 Å². The van der Waals surface area contributed by atoms with Crippen LogP contribution in [0.3, 0.4) is 0 Å². The third kappa shape index (κ3) is 5.44. The summed E-state index contributed by atoms with van der Waals surface area (Å²) < 4.78 is 36.6. The molecule has 0 bridgehead atoms. The van der Waals surface area contributed by atoms with Gasteiger partial charge >= 0.3 is 6.18 Å². The number of pyridine rings is 1. The van der Waals surface area contributed by atoms with Gasteiger partial charge in [-0.15, -0.1) is 0 Å². The number of nitrogens with one attached hydrogen (secondary N) is 1. The zero-order valence-corrected chi connectivity index (χ0v) is 15.2. The van der Waals surface area contributed by atoms with Crippen molar-refractivity contribution >= 4 is 28.4 Å². The predicted octanol–water partition coefficient (Wildman–Crippen LogP) is 4.76. The van der Waals surface area contributed by atoms with Crippen LogP contribution in [0.2, 0.25) is 5.02 Å². The Balaban J connectivity index is 2.30. The number of nitrogens with zero attached hydrogens (tertiary/aromatic N) is 3. The molecule has 0 aliphatic carbocycles. The number of anilines is 1. The average molecular weight is 397 g/mol. The van der Waals surface area contributed by atoms with Crippen LogP contribution in [-0.2, 0) is 0 Å². The molecular formula is C18H16ClF3N4O. The summed E-state index contributed by atoms with van der Waals surface area (Å²) in [7, 11) is 0. The van der Waals surface area contributed by atoms with Crippen LogP contribution in [0.5, 0.6) is 0 Å². The van der Waals surface area contributed by atoms with Crippen molar-refractivity contribution in [3.05, 3.63) is 58.4 Å². The molecule has 0 radical (unpaired) electrons. The number of hydrogen-bond acceptors (Lipinski definition) is 5. The van der Waals surface area contributed by atoms with E-state index in [1.54, 1.807) is 30.5 Å². The fraction of sp³-hybridized carbons (Fsp3) is 0.222.